The van der Waals surface area contributed by atoms with Gasteiger partial charge in [0, 0.05) is 33.4 Å². The molecule has 0 N–H and O–H groups in total. The molecule has 1 heterocycles. The minimum atomic E-state index is 1.08. The molecular weight excluding hydrogens is 725 g/mol. The Bertz CT molecular complexity index is 3300. The van der Waals surface area contributed by atoms with Crippen LogP contribution in [0.1, 0.15) is 0 Å². The van der Waals surface area contributed by atoms with E-state index in [1.54, 1.807) is 0 Å². The van der Waals surface area contributed by atoms with Crippen LogP contribution in [0.4, 0.5) is 17.1 Å². The van der Waals surface area contributed by atoms with Crippen molar-refractivity contribution in [2.75, 3.05) is 4.90 Å². The van der Waals surface area contributed by atoms with Crippen molar-refractivity contribution in [2.45, 2.75) is 0 Å². The van der Waals surface area contributed by atoms with E-state index in [-0.39, 0.29) is 0 Å². The van der Waals surface area contributed by atoms with Crippen LogP contribution in [0.5, 0.6) is 0 Å². The number of nitrogens with zero attached hydrogens (tertiary/aromatic N) is 2. The third-order valence-electron chi connectivity index (χ3n) is 11.8. The van der Waals surface area contributed by atoms with Crippen LogP contribution >= 0.6 is 0 Å². The first-order chi connectivity index (χ1) is 29.8. The molecule has 0 aliphatic carbocycles. The highest BCUT2D eigenvalue weighted by Crippen LogP contribution is 2.46. The zero-order chi connectivity index (χ0) is 39.8. The van der Waals surface area contributed by atoms with E-state index in [1.807, 2.05) is 0 Å². The summed E-state index contributed by atoms with van der Waals surface area (Å²) in [6.07, 6.45) is 0. The molecule has 0 fully saturated rings. The highest BCUT2D eigenvalue weighted by molar-refractivity contribution is 6.16. The normalized spacial score (nSPS) is 11.3. The maximum atomic E-state index is 2.42. The van der Waals surface area contributed by atoms with Gasteiger partial charge in [0.2, 0.25) is 0 Å². The Labute approximate surface area is 350 Å². The molecule has 0 aliphatic rings. The molecule has 11 aromatic rings. The predicted molar refractivity (Wildman–Crippen MR) is 255 cm³/mol. The summed E-state index contributed by atoms with van der Waals surface area (Å²) in [7, 11) is 0. The Hall–Kier alpha value is -7.94. The zero-order valence-corrected chi connectivity index (χ0v) is 33.0. The van der Waals surface area contributed by atoms with Crippen LogP contribution in [-0.2, 0) is 0 Å². The molecule has 282 valence electrons. The van der Waals surface area contributed by atoms with Crippen molar-refractivity contribution < 1.29 is 0 Å². The molecule has 0 saturated carbocycles. The summed E-state index contributed by atoms with van der Waals surface area (Å²) in [6.45, 7) is 0. The maximum Gasteiger partial charge on any atom is 0.0547 e. The van der Waals surface area contributed by atoms with Gasteiger partial charge < -0.3 is 9.47 Å². The number of anilines is 3. The van der Waals surface area contributed by atoms with Crippen molar-refractivity contribution in [3.8, 4) is 50.2 Å². The van der Waals surface area contributed by atoms with Gasteiger partial charge in [0.1, 0.15) is 0 Å². The Morgan fingerprint density at radius 1 is 0.300 bits per heavy atom. The van der Waals surface area contributed by atoms with Crippen molar-refractivity contribution in [1.29, 1.82) is 0 Å². The van der Waals surface area contributed by atoms with E-state index in [2.05, 4.69) is 252 Å². The van der Waals surface area contributed by atoms with Gasteiger partial charge in [-0.2, -0.15) is 0 Å². The van der Waals surface area contributed by atoms with Gasteiger partial charge in [-0.25, -0.2) is 0 Å². The van der Waals surface area contributed by atoms with Gasteiger partial charge in [0.05, 0.1) is 16.7 Å². The molecule has 0 bridgehead atoms. The van der Waals surface area contributed by atoms with Gasteiger partial charge in [-0.15, -0.1) is 0 Å². The molecular formula is C58H40N2. The van der Waals surface area contributed by atoms with Crippen LogP contribution in [0, 0.1) is 0 Å². The highest BCUT2D eigenvalue weighted by atomic mass is 15.1. The molecule has 1 aromatic heterocycles. The lowest BCUT2D eigenvalue weighted by Crippen LogP contribution is -2.11. The number of aromatic nitrogens is 1. The summed E-state index contributed by atoms with van der Waals surface area (Å²) in [5.74, 6) is 0. The monoisotopic (exact) mass is 764 g/mol. The third kappa shape index (κ3) is 6.14. The summed E-state index contributed by atoms with van der Waals surface area (Å²) < 4.78 is 2.39. The Morgan fingerprint density at radius 3 is 1.68 bits per heavy atom. The molecule has 0 amide bonds. The topological polar surface area (TPSA) is 8.17 Å². The number of rotatable bonds is 8. The number of para-hydroxylation sites is 3. The minimum absolute atomic E-state index is 1.08. The molecule has 2 nitrogen and oxygen atoms in total. The first-order valence-electron chi connectivity index (χ1n) is 20.6. The first kappa shape index (κ1) is 35.2. The van der Waals surface area contributed by atoms with E-state index in [1.165, 1.54) is 71.5 Å². The molecule has 0 saturated heterocycles. The van der Waals surface area contributed by atoms with Crippen molar-refractivity contribution in [2.24, 2.45) is 0 Å². The SMILES string of the molecule is c1ccc(-c2ccc(N(c3cccc(-c4ccccc4-c4cccc5c4c4ccccc4n5-c4ccccc4)c3)c3ccccc3-c3cccc4ccccc34)cc2)cc1. The Morgan fingerprint density at radius 2 is 0.850 bits per heavy atom. The third-order valence-corrected chi connectivity index (χ3v) is 11.8. The highest BCUT2D eigenvalue weighted by Gasteiger charge is 2.21. The van der Waals surface area contributed by atoms with Crippen molar-refractivity contribution in [3.63, 3.8) is 0 Å². The average Bonchev–Trinajstić information content (AvgIpc) is 3.67. The van der Waals surface area contributed by atoms with Crippen LogP contribution in [0.15, 0.2) is 243 Å². The lowest BCUT2D eigenvalue weighted by Gasteiger charge is -2.29. The van der Waals surface area contributed by atoms with E-state index in [0.29, 0.717) is 0 Å². The molecule has 0 radical (unpaired) electrons. The van der Waals surface area contributed by atoms with E-state index < -0.39 is 0 Å². The quantitative estimate of drug-likeness (QED) is 0.150. The van der Waals surface area contributed by atoms with E-state index >= 15 is 0 Å². The molecule has 60 heavy (non-hydrogen) atoms. The molecule has 0 aliphatic heterocycles. The largest absolute Gasteiger partial charge is 0.310 e. The van der Waals surface area contributed by atoms with Crippen molar-refractivity contribution >= 4 is 49.6 Å². The van der Waals surface area contributed by atoms with Crippen LogP contribution < -0.4 is 4.90 Å². The Kier molecular flexibility index (Phi) is 8.87. The van der Waals surface area contributed by atoms with Gasteiger partial charge in [0.15, 0.2) is 0 Å². The first-order valence-corrected chi connectivity index (χ1v) is 20.6. The molecule has 11 rings (SSSR count). The number of hydrogen-bond donors (Lipinski definition) is 0. The van der Waals surface area contributed by atoms with E-state index in [0.717, 1.165) is 28.3 Å². The van der Waals surface area contributed by atoms with Gasteiger partial charge in [0.25, 0.3) is 0 Å². The second kappa shape index (κ2) is 15.1. The minimum Gasteiger partial charge on any atom is -0.310 e. The van der Waals surface area contributed by atoms with Gasteiger partial charge in [-0.05, 0) is 104 Å². The molecule has 10 aromatic carbocycles. The van der Waals surface area contributed by atoms with Crippen molar-refractivity contribution in [1.82, 2.24) is 4.57 Å². The lowest BCUT2D eigenvalue weighted by molar-refractivity contribution is 1.18. The predicted octanol–water partition coefficient (Wildman–Crippen LogP) is 16.1. The number of hydrogen-bond acceptors (Lipinski definition) is 1. The summed E-state index contributed by atoms with van der Waals surface area (Å²) in [6, 6.07) is 87.9. The number of benzene rings is 10. The average molecular weight is 765 g/mol. The fourth-order valence-corrected chi connectivity index (χ4v) is 9.10. The fourth-order valence-electron chi connectivity index (χ4n) is 9.10. The summed E-state index contributed by atoms with van der Waals surface area (Å²) in [4.78, 5) is 2.42. The summed E-state index contributed by atoms with van der Waals surface area (Å²) in [5.41, 5.74) is 16.4. The second-order valence-electron chi connectivity index (χ2n) is 15.3. The van der Waals surface area contributed by atoms with E-state index in [4.69, 9.17) is 0 Å². The van der Waals surface area contributed by atoms with Crippen LogP contribution in [0.2, 0.25) is 0 Å². The summed E-state index contributed by atoms with van der Waals surface area (Å²) >= 11 is 0. The maximum absolute atomic E-state index is 2.42. The molecule has 0 unspecified atom stereocenters. The lowest BCUT2D eigenvalue weighted by atomic mass is 9.91. The van der Waals surface area contributed by atoms with Gasteiger partial charge in [-0.1, -0.05) is 188 Å². The summed E-state index contributed by atoms with van der Waals surface area (Å²) in [5, 5.41) is 4.96. The fraction of sp³-hybridized carbons (Fsp3) is 0. The smallest absolute Gasteiger partial charge is 0.0547 e. The van der Waals surface area contributed by atoms with Gasteiger partial charge in [-0.3, -0.25) is 0 Å². The van der Waals surface area contributed by atoms with Gasteiger partial charge >= 0.3 is 0 Å². The second-order valence-corrected chi connectivity index (χ2v) is 15.3. The van der Waals surface area contributed by atoms with E-state index in [9.17, 15) is 0 Å². The molecule has 0 spiro atoms. The number of fused-ring (bicyclic) bond motifs is 4. The van der Waals surface area contributed by atoms with Crippen LogP contribution in [0.3, 0.4) is 0 Å². The Balaban J connectivity index is 1.10. The molecule has 2 heteroatoms. The van der Waals surface area contributed by atoms with Crippen LogP contribution in [-0.4, -0.2) is 4.57 Å². The standard InChI is InChI=1S/C58H40N2/c1-3-18-41(19-4-1)42-36-38-46(39-37-42)59(55-33-13-11-29-52(55)50-31-16-21-43-20-7-8-26-48(43)50)47-25-15-22-44(40-47)49-27-9-10-28-51(49)53-32-17-35-57-58(53)54-30-12-14-34-56(54)60(57)45-23-5-2-6-24-45/h1-40H. The molecule has 0 atom stereocenters. The van der Waals surface area contributed by atoms with Crippen molar-refractivity contribution in [3.05, 3.63) is 243 Å². The zero-order valence-electron chi connectivity index (χ0n) is 33.0. The van der Waals surface area contributed by atoms with Crippen LogP contribution in [0.25, 0.3) is 82.8 Å².